The fourth-order valence-electron chi connectivity index (χ4n) is 2.35. The maximum Gasteiger partial charge on any atom is 0.217 e. The molecule has 1 rings (SSSR count). The summed E-state index contributed by atoms with van der Waals surface area (Å²) in [7, 11) is 0. The average molecular weight is 241 g/mol. The zero-order valence-electron chi connectivity index (χ0n) is 11.6. The van der Waals surface area contributed by atoms with Crippen LogP contribution >= 0.6 is 0 Å². The van der Waals surface area contributed by atoms with Crippen LogP contribution in [-0.4, -0.2) is 49.1 Å². The molecule has 2 N–H and O–H groups in total. The van der Waals surface area contributed by atoms with Gasteiger partial charge in [-0.25, -0.2) is 0 Å². The summed E-state index contributed by atoms with van der Waals surface area (Å²) in [6.45, 7) is 12.5. The van der Waals surface area contributed by atoms with Crippen molar-refractivity contribution in [2.24, 2.45) is 5.92 Å². The topological polar surface area (TPSA) is 44.4 Å². The highest BCUT2D eigenvalue weighted by atomic mass is 16.1. The number of likely N-dealkylation sites (tertiary alicyclic amines) is 1. The van der Waals surface area contributed by atoms with E-state index in [9.17, 15) is 4.79 Å². The Labute approximate surface area is 105 Å². The van der Waals surface area contributed by atoms with Crippen LogP contribution in [0.2, 0.25) is 0 Å². The lowest BCUT2D eigenvalue weighted by Crippen LogP contribution is -2.38. The van der Waals surface area contributed by atoms with Gasteiger partial charge in [0.2, 0.25) is 5.91 Å². The Morgan fingerprint density at radius 1 is 1.41 bits per heavy atom. The van der Waals surface area contributed by atoms with Crippen molar-refractivity contribution in [2.75, 3.05) is 26.2 Å². The van der Waals surface area contributed by atoms with E-state index in [1.165, 1.54) is 0 Å². The van der Waals surface area contributed by atoms with Gasteiger partial charge in [-0.15, -0.1) is 0 Å². The van der Waals surface area contributed by atoms with Crippen LogP contribution in [0.4, 0.5) is 0 Å². The van der Waals surface area contributed by atoms with Gasteiger partial charge in [-0.3, -0.25) is 4.79 Å². The number of nitrogens with zero attached hydrogens (tertiary/aromatic N) is 1. The van der Waals surface area contributed by atoms with Gasteiger partial charge in [0.15, 0.2) is 0 Å². The molecule has 17 heavy (non-hydrogen) atoms. The van der Waals surface area contributed by atoms with Gasteiger partial charge < -0.3 is 15.5 Å². The number of amides is 1. The fraction of sp³-hybridized carbons (Fsp3) is 0.923. The molecule has 0 aliphatic carbocycles. The minimum atomic E-state index is 0.0892. The van der Waals surface area contributed by atoms with E-state index < -0.39 is 0 Å². The molecule has 0 radical (unpaired) electrons. The highest BCUT2D eigenvalue weighted by Gasteiger charge is 2.23. The van der Waals surface area contributed by atoms with Crippen LogP contribution in [-0.2, 0) is 4.79 Å². The lowest BCUT2D eigenvalue weighted by atomic mass is 10.1. The Morgan fingerprint density at radius 2 is 2.12 bits per heavy atom. The molecule has 4 heteroatoms. The number of rotatable bonds is 6. The van der Waals surface area contributed by atoms with E-state index in [1.807, 2.05) is 0 Å². The van der Waals surface area contributed by atoms with Crippen molar-refractivity contribution in [3.8, 4) is 0 Å². The predicted octanol–water partition coefficient (Wildman–Crippen LogP) is 0.831. The highest BCUT2D eigenvalue weighted by Crippen LogP contribution is 2.11. The lowest BCUT2D eigenvalue weighted by molar-refractivity contribution is -0.119. The molecule has 0 aromatic rings. The quantitative estimate of drug-likeness (QED) is 0.724. The number of carbonyl (C=O) groups excluding carboxylic acids is 1. The SMILES string of the molecule is CC(=O)NC1CCN(CC(C)CNC(C)C)C1. The molecule has 0 saturated carbocycles. The van der Waals surface area contributed by atoms with E-state index in [0.29, 0.717) is 18.0 Å². The van der Waals surface area contributed by atoms with Crippen LogP contribution in [0.3, 0.4) is 0 Å². The molecule has 1 aliphatic heterocycles. The van der Waals surface area contributed by atoms with Crippen LogP contribution < -0.4 is 10.6 Å². The van der Waals surface area contributed by atoms with E-state index >= 15 is 0 Å². The maximum absolute atomic E-state index is 11.0. The normalized spacial score (nSPS) is 23.0. The third kappa shape index (κ3) is 6.03. The van der Waals surface area contributed by atoms with Crippen molar-refractivity contribution in [2.45, 2.75) is 46.2 Å². The van der Waals surface area contributed by atoms with E-state index in [4.69, 9.17) is 0 Å². The summed E-state index contributed by atoms with van der Waals surface area (Å²) >= 11 is 0. The van der Waals surface area contributed by atoms with Crippen molar-refractivity contribution >= 4 is 5.91 Å². The molecular formula is C13H27N3O. The second kappa shape index (κ2) is 6.97. The average Bonchev–Trinajstić information content (AvgIpc) is 2.61. The van der Waals surface area contributed by atoms with E-state index in [0.717, 1.165) is 32.6 Å². The summed E-state index contributed by atoms with van der Waals surface area (Å²) in [5, 5.41) is 6.47. The van der Waals surface area contributed by atoms with Crippen molar-refractivity contribution < 1.29 is 4.79 Å². The molecule has 2 atom stereocenters. The summed E-state index contributed by atoms with van der Waals surface area (Å²) in [5.41, 5.74) is 0. The minimum absolute atomic E-state index is 0.0892. The van der Waals surface area contributed by atoms with Gasteiger partial charge in [-0.1, -0.05) is 20.8 Å². The third-order valence-electron chi connectivity index (χ3n) is 3.12. The van der Waals surface area contributed by atoms with Gasteiger partial charge >= 0.3 is 0 Å². The molecular weight excluding hydrogens is 214 g/mol. The first kappa shape index (κ1) is 14.5. The molecule has 1 saturated heterocycles. The number of nitrogens with one attached hydrogen (secondary N) is 2. The van der Waals surface area contributed by atoms with Gasteiger partial charge in [0.25, 0.3) is 0 Å². The first-order valence-corrected chi connectivity index (χ1v) is 6.70. The van der Waals surface area contributed by atoms with Crippen molar-refractivity contribution in [1.82, 2.24) is 15.5 Å². The zero-order chi connectivity index (χ0) is 12.8. The van der Waals surface area contributed by atoms with Crippen molar-refractivity contribution in [3.05, 3.63) is 0 Å². The lowest BCUT2D eigenvalue weighted by Gasteiger charge is -2.22. The minimum Gasteiger partial charge on any atom is -0.352 e. The summed E-state index contributed by atoms with van der Waals surface area (Å²) in [6.07, 6.45) is 1.09. The third-order valence-corrected chi connectivity index (χ3v) is 3.12. The Balaban J connectivity index is 2.18. The first-order chi connectivity index (χ1) is 7.97. The van der Waals surface area contributed by atoms with Crippen LogP contribution in [0.25, 0.3) is 0 Å². The first-order valence-electron chi connectivity index (χ1n) is 6.70. The predicted molar refractivity (Wildman–Crippen MR) is 71.0 cm³/mol. The molecule has 1 fully saturated rings. The Bertz CT molecular complexity index is 243. The molecule has 100 valence electrons. The molecule has 0 spiro atoms. The maximum atomic E-state index is 11.0. The van der Waals surface area contributed by atoms with E-state index in [1.54, 1.807) is 6.92 Å². The van der Waals surface area contributed by atoms with Gasteiger partial charge in [0.1, 0.15) is 0 Å². The molecule has 1 heterocycles. The molecule has 0 aromatic carbocycles. The monoisotopic (exact) mass is 241 g/mol. The van der Waals surface area contributed by atoms with Crippen LogP contribution in [0.15, 0.2) is 0 Å². The van der Waals surface area contributed by atoms with E-state index in [-0.39, 0.29) is 5.91 Å². The Morgan fingerprint density at radius 3 is 2.71 bits per heavy atom. The largest absolute Gasteiger partial charge is 0.352 e. The molecule has 1 amide bonds. The zero-order valence-corrected chi connectivity index (χ0v) is 11.6. The fourth-order valence-corrected chi connectivity index (χ4v) is 2.35. The summed E-state index contributed by atoms with van der Waals surface area (Å²) in [5.74, 6) is 0.750. The molecule has 2 unspecified atom stereocenters. The second-order valence-electron chi connectivity index (χ2n) is 5.61. The van der Waals surface area contributed by atoms with Crippen LogP contribution in [0.5, 0.6) is 0 Å². The van der Waals surface area contributed by atoms with Crippen molar-refractivity contribution in [1.29, 1.82) is 0 Å². The van der Waals surface area contributed by atoms with Gasteiger partial charge in [0, 0.05) is 38.6 Å². The van der Waals surface area contributed by atoms with E-state index in [2.05, 4.69) is 36.3 Å². The van der Waals surface area contributed by atoms with Crippen molar-refractivity contribution in [3.63, 3.8) is 0 Å². The Kier molecular flexibility index (Phi) is 5.92. The standard InChI is InChI=1S/C13H27N3O/c1-10(2)14-7-11(3)8-16-6-5-13(9-16)15-12(4)17/h10-11,13-14H,5-9H2,1-4H3,(H,15,17). The summed E-state index contributed by atoms with van der Waals surface area (Å²) < 4.78 is 0. The van der Waals surface area contributed by atoms with Gasteiger partial charge in [0.05, 0.1) is 0 Å². The molecule has 1 aliphatic rings. The molecule has 0 bridgehead atoms. The van der Waals surface area contributed by atoms with Crippen LogP contribution in [0, 0.1) is 5.92 Å². The smallest absolute Gasteiger partial charge is 0.217 e. The Hall–Kier alpha value is -0.610. The number of carbonyl (C=O) groups is 1. The highest BCUT2D eigenvalue weighted by molar-refractivity contribution is 5.73. The van der Waals surface area contributed by atoms with Crippen LogP contribution in [0.1, 0.15) is 34.1 Å². The van der Waals surface area contributed by atoms with Gasteiger partial charge in [-0.05, 0) is 18.9 Å². The summed E-state index contributed by atoms with van der Waals surface area (Å²) in [6, 6.07) is 0.918. The number of hydrogen-bond donors (Lipinski definition) is 2. The van der Waals surface area contributed by atoms with Gasteiger partial charge in [-0.2, -0.15) is 0 Å². The molecule has 0 aromatic heterocycles. The second-order valence-corrected chi connectivity index (χ2v) is 5.61. The molecule has 4 nitrogen and oxygen atoms in total. The number of hydrogen-bond acceptors (Lipinski definition) is 3. The summed E-state index contributed by atoms with van der Waals surface area (Å²) in [4.78, 5) is 13.4.